The lowest BCUT2D eigenvalue weighted by Crippen LogP contribution is -2.01. The van der Waals surface area contributed by atoms with Gasteiger partial charge in [0, 0.05) is 55.6 Å². The molecule has 6 nitrogen and oxygen atoms in total. The maximum Gasteiger partial charge on any atom is 0.164 e. The van der Waals surface area contributed by atoms with Crippen LogP contribution >= 0.6 is 0 Å². The SMILES string of the molecule is Cc1cccccc(-c2ccccc2)ccc1-c1nc(-c2ccc3oc4ccccc4c3c2)nc(-c2cccc3oc4cc(-c5ccc6c7c(oc6c5)CCC=C7)ccc4c23)n1. The summed E-state index contributed by atoms with van der Waals surface area (Å²) in [6, 6.07) is 58.3. The largest absolute Gasteiger partial charge is 0.460 e. The van der Waals surface area contributed by atoms with E-state index in [2.05, 4.69) is 134 Å². The molecule has 4 aromatic heterocycles. The van der Waals surface area contributed by atoms with Crippen molar-refractivity contribution in [3.63, 3.8) is 0 Å². The lowest BCUT2D eigenvalue weighted by molar-refractivity contribution is 0.546. The number of rotatable bonds is 5. The minimum atomic E-state index is 0.550. The van der Waals surface area contributed by atoms with Crippen LogP contribution in [0.25, 0.3) is 117 Å². The van der Waals surface area contributed by atoms with Gasteiger partial charge < -0.3 is 13.3 Å². The second-order valence-corrected chi connectivity index (χ2v) is 15.9. The maximum atomic E-state index is 6.64. The Kier molecular flexibility index (Phi) is 8.42. The molecule has 0 spiro atoms. The normalized spacial score (nSPS) is 12.4. The molecular formula is C56H37N3O3. The van der Waals surface area contributed by atoms with Crippen molar-refractivity contribution in [2.75, 3.05) is 0 Å². The summed E-state index contributed by atoms with van der Waals surface area (Å²) in [6.07, 6.45) is 6.34. The highest BCUT2D eigenvalue weighted by molar-refractivity contribution is 6.13. The molecule has 7 aromatic carbocycles. The minimum Gasteiger partial charge on any atom is -0.460 e. The van der Waals surface area contributed by atoms with Gasteiger partial charge in [-0.3, -0.25) is 0 Å². The quantitative estimate of drug-likeness (QED) is 0.173. The zero-order valence-electron chi connectivity index (χ0n) is 33.8. The summed E-state index contributed by atoms with van der Waals surface area (Å²) in [5.41, 5.74) is 13.2. The van der Waals surface area contributed by atoms with E-state index >= 15 is 0 Å². The third-order valence-electron chi connectivity index (χ3n) is 12.0. The molecule has 62 heavy (non-hydrogen) atoms. The molecule has 0 radical (unpaired) electrons. The molecule has 294 valence electrons. The average molecular weight is 800 g/mol. The summed E-state index contributed by atoms with van der Waals surface area (Å²) in [5, 5.41) is 5.12. The van der Waals surface area contributed by atoms with Crippen LogP contribution in [-0.4, -0.2) is 15.0 Å². The third kappa shape index (κ3) is 6.15. The molecule has 0 unspecified atom stereocenters. The Bertz CT molecular complexity index is 3670. The highest BCUT2D eigenvalue weighted by Crippen LogP contribution is 2.40. The average Bonchev–Trinajstić information content (AvgIpc) is 4.01. The van der Waals surface area contributed by atoms with Crippen molar-refractivity contribution in [3.8, 4) is 56.4 Å². The van der Waals surface area contributed by atoms with E-state index in [0.717, 1.165) is 118 Å². The summed E-state index contributed by atoms with van der Waals surface area (Å²) in [6.45, 7) is 2.10. The molecule has 0 fully saturated rings. The van der Waals surface area contributed by atoms with Crippen molar-refractivity contribution in [1.82, 2.24) is 15.0 Å². The van der Waals surface area contributed by atoms with Gasteiger partial charge in [-0.2, -0.15) is 0 Å². The van der Waals surface area contributed by atoms with E-state index in [1.54, 1.807) is 0 Å². The van der Waals surface area contributed by atoms with Crippen LogP contribution in [0.2, 0.25) is 0 Å². The maximum absolute atomic E-state index is 6.64. The number of fused-ring (bicyclic) bond motifs is 9. The van der Waals surface area contributed by atoms with Crippen LogP contribution in [0.5, 0.6) is 0 Å². The number of furan rings is 3. The number of allylic oxidation sites excluding steroid dienone is 1. The van der Waals surface area contributed by atoms with Gasteiger partial charge in [0.15, 0.2) is 17.5 Å². The summed E-state index contributed by atoms with van der Waals surface area (Å²) in [7, 11) is 0. The fourth-order valence-corrected chi connectivity index (χ4v) is 8.88. The van der Waals surface area contributed by atoms with Gasteiger partial charge in [-0.1, -0.05) is 127 Å². The number of hydrogen-bond acceptors (Lipinski definition) is 6. The summed E-state index contributed by atoms with van der Waals surface area (Å²) in [5.74, 6) is 2.73. The predicted molar refractivity (Wildman–Crippen MR) is 251 cm³/mol. The molecule has 1 aliphatic carbocycles. The van der Waals surface area contributed by atoms with E-state index in [0.29, 0.717) is 17.5 Å². The fourth-order valence-electron chi connectivity index (χ4n) is 8.88. The van der Waals surface area contributed by atoms with E-state index < -0.39 is 0 Å². The lowest BCUT2D eigenvalue weighted by Gasteiger charge is -2.10. The Morgan fingerprint density at radius 1 is 0.403 bits per heavy atom. The van der Waals surface area contributed by atoms with Crippen LogP contribution < -0.4 is 0 Å². The molecule has 0 saturated heterocycles. The van der Waals surface area contributed by atoms with Crippen LogP contribution in [0.3, 0.4) is 0 Å². The van der Waals surface area contributed by atoms with Gasteiger partial charge in [0.1, 0.15) is 33.7 Å². The molecule has 6 heteroatoms. The van der Waals surface area contributed by atoms with Gasteiger partial charge in [0.2, 0.25) is 0 Å². The molecule has 12 rings (SSSR count). The Labute approximate surface area is 356 Å². The molecule has 0 bridgehead atoms. The Hall–Kier alpha value is -8.09. The smallest absolute Gasteiger partial charge is 0.164 e. The third-order valence-corrected chi connectivity index (χ3v) is 12.0. The zero-order valence-corrected chi connectivity index (χ0v) is 33.8. The number of nitrogens with zero attached hydrogens (tertiary/aromatic N) is 3. The Morgan fingerprint density at radius 3 is 1.87 bits per heavy atom. The lowest BCUT2D eigenvalue weighted by atomic mass is 9.99. The van der Waals surface area contributed by atoms with Gasteiger partial charge in [0.25, 0.3) is 0 Å². The fraction of sp³-hybridized carbons (Fsp3) is 0.0536. The highest BCUT2D eigenvalue weighted by Gasteiger charge is 2.20. The Morgan fingerprint density at radius 2 is 1.03 bits per heavy atom. The van der Waals surface area contributed by atoms with Crippen molar-refractivity contribution < 1.29 is 13.3 Å². The molecule has 1 aliphatic rings. The first-order valence-electron chi connectivity index (χ1n) is 21.0. The summed E-state index contributed by atoms with van der Waals surface area (Å²) >= 11 is 0. The van der Waals surface area contributed by atoms with E-state index in [4.69, 9.17) is 28.2 Å². The second kappa shape index (κ2) is 14.6. The van der Waals surface area contributed by atoms with Crippen molar-refractivity contribution in [2.24, 2.45) is 0 Å². The number of para-hydroxylation sites is 1. The standard InChI is InChI=1S/C56H37N3O3/c1-34-13-4-2-5-16-36(35-14-6-3-7-15-35)23-27-40(34)55-57-54(39-26-30-49-46(31-39)42-18-9-11-21-48(42)60-49)58-56(59-55)45-19-12-22-50-53(45)44-29-25-38(33-52(44)62-50)37-24-28-43-41-17-8-10-20-47(41)61-51(43)32-37/h2-9,11-19,21-33H,10,20H2,1H3. The van der Waals surface area contributed by atoms with Crippen molar-refractivity contribution in [1.29, 1.82) is 0 Å². The molecule has 4 heterocycles. The van der Waals surface area contributed by atoms with E-state index in [-0.39, 0.29) is 0 Å². The zero-order chi connectivity index (χ0) is 41.1. The first-order chi connectivity index (χ1) is 30.6. The van der Waals surface area contributed by atoms with Crippen LogP contribution in [0, 0.1) is 6.92 Å². The number of aryl methyl sites for hydroxylation is 2. The first-order valence-corrected chi connectivity index (χ1v) is 21.0. The topological polar surface area (TPSA) is 78.1 Å². The predicted octanol–water partition coefficient (Wildman–Crippen LogP) is 15.1. The van der Waals surface area contributed by atoms with Gasteiger partial charge in [-0.15, -0.1) is 0 Å². The van der Waals surface area contributed by atoms with Crippen molar-refractivity contribution in [3.05, 3.63) is 193 Å². The van der Waals surface area contributed by atoms with Gasteiger partial charge >= 0.3 is 0 Å². The molecule has 0 amide bonds. The van der Waals surface area contributed by atoms with Crippen LogP contribution in [0.15, 0.2) is 189 Å². The molecule has 11 aromatic rings. The summed E-state index contributed by atoms with van der Waals surface area (Å²) < 4.78 is 19.2. The number of benzene rings is 6. The van der Waals surface area contributed by atoms with Gasteiger partial charge in [0.05, 0.1) is 0 Å². The molecule has 0 saturated carbocycles. The first kappa shape index (κ1) is 35.8. The van der Waals surface area contributed by atoms with Gasteiger partial charge in [-0.25, -0.2) is 15.0 Å². The van der Waals surface area contributed by atoms with E-state index in [1.165, 1.54) is 5.56 Å². The van der Waals surface area contributed by atoms with Crippen LogP contribution in [-0.2, 0) is 6.42 Å². The minimum absolute atomic E-state index is 0.550. The van der Waals surface area contributed by atoms with E-state index in [9.17, 15) is 0 Å². The molecular weight excluding hydrogens is 763 g/mol. The van der Waals surface area contributed by atoms with Crippen LogP contribution in [0.1, 0.15) is 23.3 Å². The van der Waals surface area contributed by atoms with Crippen molar-refractivity contribution >= 4 is 60.9 Å². The summed E-state index contributed by atoms with van der Waals surface area (Å²) in [4.78, 5) is 15.8. The highest BCUT2D eigenvalue weighted by atomic mass is 16.3. The monoisotopic (exact) mass is 799 g/mol. The molecule has 0 aliphatic heterocycles. The second-order valence-electron chi connectivity index (χ2n) is 15.9. The number of hydrogen-bond donors (Lipinski definition) is 0. The molecule has 0 N–H and O–H groups in total. The number of aromatic nitrogens is 3. The van der Waals surface area contributed by atoms with Gasteiger partial charge in [-0.05, 0) is 95.8 Å². The van der Waals surface area contributed by atoms with Crippen molar-refractivity contribution in [2.45, 2.75) is 19.8 Å². The van der Waals surface area contributed by atoms with E-state index in [1.807, 2.05) is 54.6 Å². The van der Waals surface area contributed by atoms with Crippen LogP contribution in [0.4, 0.5) is 0 Å². The molecule has 0 atom stereocenters. The Balaban J connectivity index is 1.05.